The van der Waals surface area contributed by atoms with Crippen LogP contribution in [0.5, 0.6) is 5.75 Å². The van der Waals surface area contributed by atoms with E-state index >= 15 is 0 Å². The number of benzene rings is 1. The van der Waals surface area contributed by atoms with Crippen LogP contribution < -0.4 is 15.8 Å². The third kappa shape index (κ3) is 4.53. The quantitative estimate of drug-likeness (QED) is 0.715. The van der Waals surface area contributed by atoms with Crippen molar-refractivity contribution in [3.8, 4) is 5.75 Å². The monoisotopic (exact) mass is 306 g/mol. The number of nitrogens with two attached hydrogens (primary N) is 1. The largest absolute Gasteiger partial charge is 0.483 e. The fraction of sp³-hybridized carbons (Fsp3) is 0.231. The summed E-state index contributed by atoms with van der Waals surface area (Å²) in [5.74, 6) is 0.768. The van der Waals surface area contributed by atoms with Gasteiger partial charge < -0.3 is 20.3 Å². The van der Waals surface area contributed by atoms with E-state index in [9.17, 15) is 4.79 Å². The van der Waals surface area contributed by atoms with Crippen molar-refractivity contribution < 1.29 is 14.1 Å². The number of ether oxygens (including phenoxy) is 1. The summed E-state index contributed by atoms with van der Waals surface area (Å²) in [6.07, 6.45) is 1.73. The molecule has 8 heteroatoms. The van der Waals surface area contributed by atoms with Gasteiger partial charge in [0, 0.05) is 13.0 Å². The van der Waals surface area contributed by atoms with E-state index in [-0.39, 0.29) is 17.5 Å². The van der Waals surface area contributed by atoms with Crippen LogP contribution >= 0.6 is 12.2 Å². The van der Waals surface area contributed by atoms with Gasteiger partial charge in [-0.15, -0.1) is 0 Å². The molecule has 7 nitrogen and oxygen atoms in total. The second-order valence-corrected chi connectivity index (χ2v) is 4.54. The Hall–Kier alpha value is -2.48. The number of rotatable bonds is 7. The average molecular weight is 306 g/mol. The van der Waals surface area contributed by atoms with Crippen LogP contribution in [0.25, 0.3) is 0 Å². The lowest BCUT2D eigenvalue weighted by Crippen LogP contribution is -2.31. The summed E-state index contributed by atoms with van der Waals surface area (Å²) >= 11 is 4.92. The molecule has 0 aliphatic rings. The van der Waals surface area contributed by atoms with E-state index in [4.69, 9.17) is 22.7 Å². The Morgan fingerprint density at radius 1 is 1.43 bits per heavy atom. The number of thiocarbonyl (C=S) groups is 1. The third-order valence-corrected chi connectivity index (χ3v) is 2.81. The minimum absolute atomic E-state index is 0.119. The van der Waals surface area contributed by atoms with Crippen LogP contribution in [0.3, 0.4) is 0 Å². The SMILES string of the molecule is NC(=S)c1ccccc1OCC(=O)NCCc1ncon1. The zero-order chi connectivity index (χ0) is 15.1. The summed E-state index contributed by atoms with van der Waals surface area (Å²) < 4.78 is 10.0. The van der Waals surface area contributed by atoms with Crippen molar-refractivity contribution >= 4 is 23.1 Å². The van der Waals surface area contributed by atoms with E-state index in [1.54, 1.807) is 24.3 Å². The van der Waals surface area contributed by atoms with Gasteiger partial charge in [0.1, 0.15) is 10.7 Å². The number of para-hydroxylation sites is 1. The minimum Gasteiger partial charge on any atom is -0.483 e. The number of carbonyl (C=O) groups excluding carboxylic acids is 1. The normalized spacial score (nSPS) is 10.1. The number of nitrogens with one attached hydrogen (secondary N) is 1. The molecule has 0 spiro atoms. The van der Waals surface area contributed by atoms with E-state index in [0.29, 0.717) is 30.1 Å². The predicted molar refractivity (Wildman–Crippen MR) is 78.8 cm³/mol. The van der Waals surface area contributed by atoms with Gasteiger partial charge in [-0.3, -0.25) is 4.79 Å². The van der Waals surface area contributed by atoms with Gasteiger partial charge >= 0.3 is 0 Å². The Balaban J connectivity index is 1.77. The van der Waals surface area contributed by atoms with Crippen LogP contribution in [0.15, 0.2) is 35.2 Å². The highest BCUT2D eigenvalue weighted by molar-refractivity contribution is 7.80. The Morgan fingerprint density at radius 2 is 2.24 bits per heavy atom. The van der Waals surface area contributed by atoms with Crippen LogP contribution in [0.4, 0.5) is 0 Å². The highest BCUT2D eigenvalue weighted by Gasteiger charge is 2.08. The lowest BCUT2D eigenvalue weighted by Gasteiger charge is -2.10. The van der Waals surface area contributed by atoms with Gasteiger partial charge in [0.05, 0.1) is 5.56 Å². The van der Waals surface area contributed by atoms with Crippen molar-refractivity contribution in [1.29, 1.82) is 0 Å². The molecule has 110 valence electrons. The van der Waals surface area contributed by atoms with Crippen LogP contribution in [0.1, 0.15) is 11.4 Å². The van der Waals surface area contributed by atoms with Crippen LogP contribution in [0.2, 0.25) is 0 Å². The Bertz CT molecular complexity index is 616. The Kier molecular flexibility index (Phi) is 5.22. The van der Waals surface area contributed by atoms with Gasteiger partial charge in [-0.1, -0.05) is 29.5 Å². The number of hydrogen-bond donors (Lipinski definition) is 2. The summed E-state index contributed by atoms with van der Waals surface area (Å²) in [5, 5.41) is 6.33. The molecule has 1 amide bonds. The summed E-state index contributed by atoms with van der Waals surface area (Å²) in [7, 11) is 0. The van der Waals surface area contributed by atoms with Gasteiger partial charge in [-0.05, 0) is 12.1 Å². The molecule has 21 heavy (non-hydrogen) atoms. The maximum Gasteiger partial charge on any atom is 0.257 e. The molecule has 0 bridgehead atoms. The standard InChI is InChI=1S/C13H14N4O3S/c14-13(21)9-3-1-2-4-10(9)19-7-12(18)15-6-5-11-16-8-20-17-11/h1-4,8H,5-7H2,(H2,14,21)(H,15,18). The number of carbonyl (C=O) groups is 1. The highest BCUT2D eigenvalue weighted by atomic mass is 32.1. The molecule has 1 heterocycles. The second kappa shape index (κ2) is 7.34. The summed E-state index contributed by atoms with van der Waals surface area (Å²) in [5.41, 5.74) is 6.19. The van der Waals surface area contributed by atoms with Crippen molar-refractivity contribution in [3.05, 3.63) is 42.0 Å². The van der Waals surface area contributed by atoms with Gasteiger partial charge in [0.2, 0.25) is 6.39 Å². The minimum atomic E-state index is -0.253. The molecular weight excluding hydrogens is 292 g/mol. The third-order valence-electron chi connectivity index (χ3n) is 2.59. The maximum atomic E-state index is 11.7. The predicted octanol–water partition coefficient (Wildman–Crippen LogP) is 0.441. The highest BCUT2D eigenvalue weighted by Crippen LogP contribution is 2.17. The molecule has 3 N–H and O–H groups in total. The maximum absolute atomic E-state index is 11.7. The number of aromatic nitrogens is 2. The topological polar surface area (TPSA) is 103 Å². The van der Waals surface area contributed by atoms with Crippen molar-refractivity contribution in [2.75, 3.05) is 13.2 Å². The van der Waals surface area contributed by atoms with Gasteiger partial charge in [0.25, 0.3) is 5.91 Å². The average Bonchev–Trinajstić information content (AvgIpc) is 2.98. The first-order valence-corrected chi connectivity index (χ1v) is 6.61. The molecule has 1 aromatic carbocycles. The first-order chi connectivity index (χ1) is 10.2. The molecule has 0 fully saturated rings. The summed E-state index contributed by atoms with van der Waals surface area (Å²) in [6, 6.07) is 7.03. The molecule has 0 atom stereocenters. The summed E-state index contributed by atoms with van der Waals surface area (Å²) in [4.78, 5) is 15.7. The number of amides is 1. The van der Waals surface area contributed by atoms with Crippen LogP contribution in [-0.2, 0) is 11.2 Å². The lowest BCUT2D eigenvalue weighted by atomic mass is 10.2. The van der Waals surface area contributed by atoms with Crippen molar-refractivity contribution in [2.24, 2.45) is 5.73 Å². The van der Waals surface area contributed by atoms with Crippen molar-refractivity contribution in [3.63, 3.8) is 0 Å². The smallest absolute Gasteiger partial charge is 0.257 e. The van der Waals surface area contributed by atoms with Crippen molar-refractivity contribution in [1.82, 2.24) is 15.5 Å². The van der Waals surface area contributed by atoms with Crippen molar-refractivity contribution in [2.45, 2.75) is 6.42 Å². The van der Waals surface area contributed by atoms with Gasteiger partial charge in [-0.2, -0.15) is 4.98 Å². The Morgan fingerprint density at radius 3 is 2.95 bits per heavy atom. The van der Waals surface area contributed by atoms with E-state index in [1.165, 1.54) is 6.39 Å². The number of hydrogen-bond acceptors (Lipinski definition) is 6. The van der Waals surface area contributed by atoms with Gasteiger partial charge in [0.15, 0.2) is 12.4 Å². The fourth-order valence-electron chi connectivity index (χ4n) is 1.61. The van der Waals surface area contributed by atoms with Crippen LogP contribution in [-0.4, -0.2) is 34.2 Å². The van der Waals surface area contributed by atoms with Gasteiger partial charge in [-0.25, -0.2) is 0 Å². The lowest BCUT2D eigenvalue weighted by molar-refractivity contribution is -0.123. The molecule has 0 saturated heterocycles. The van der Waals surface area contributed by atoms with E-state index in [1.807, 2.05) is 0 Å². The van der Waals surface area contributed by atoms with E-state index in [2.05, 4.69) is 20.0 Å². The fourth-order valence-corrected chi connectivity index (χ4v) is 1.78. The zero-order valence-electron chi connectivity index (χ0n) is 11.1. The van der Waals surface area contributed by atoms with E-state index in [0.717, 1.165) is 0 Å². The second-order valence-electron chi connectivity index (χ2n) is 4.10. The van der Waals surface area contributed by atoms with E-state index < -0.39 is 0 Å². The molecular formula is C13H14N4O3S. The molecule has 0 aliphatic heterocycles. The summed E-state index contributed by atoms with van der Waals surface area (Å²) in [6.45, 7) is 0.282. The molecule has 0 unspecified atom stereocenters. The van der Waals surface area contributed by atoms with Crippen LogP contribution in [0, 0.1) is 0 Å². The first kappa shape index (κ1) is 14.9. The molecule has 2 rings (SSSR count). The molecule has 0 aliphatic carbocycles. The molecule has 0 radical (unpaired) electrons. The first-order valence-electron chi connectivity index (χ1n) is 6.20. The molecule has 2 aromatic rings. The molecule has 0 saturated carbocycles. The Labute approximate surface area is 126 Å². The zero-order valence-corrected chi connectivity index (χ0v) is 11.9. The number of nitrogens with zero attached hydrogens (tertiary/aromatic N) is 2. The molecule has 1 aromatic heterocycles.